The van der Waals surface area contributed by atoms with Crippen LogP contribution in [0.2, 0.25) is 0 Å². The van der Waals surface area contributed by atoms with Gasteiger partial charge in [0, 0.05) is 12.8 Å². The second-order valence-electron chi connectivity index (χ2n) is 26.2. The van der Waals surface area contributed by atoms with Crippen molar-refractivity contribution in [3.8, 4) is 0 Å². The number of carbonyl (C=O) groups is 3. The first-order chi connectivity index (χ1) is 42.1. The van der Waals surface area contributed by atoms with E-state index in [-0.39, 0.29) is 32.2 Å². The van der Waals surface area contributed by atoms with Gasteiger partial charge in [-0.3, -0.25) is 9.59 Å². The summed E-state index contributed by atoms with van der Waals surface area (Å²) in [7, 11) is 5.94. The number of allylic oxidation sites excluding steroid dienone is 10. The molecule has 0 aromatic carbocycles. The predicted octanol–water partition coefficient (Wildman–Crippen LogP) is 21.8. The van der Waals surface area contributed by atoms with Crippen molar-refractivity contribution in [3.63, 3.8) is 0 Å². The molecule has 2 atom stereocenters. The number of rotatable bonds is 69. The fourth-order valence-corrected chi connectivity index (χ4v) is 10.9. The third-order valence-corrected chi connectivity index (χ3v) is 16.5. The summed E-state index contributed by atoms with van der Waals surface area (Å²) in [6.45, 7) is 4.70. The highest BCUT2D eigenvalue weighted by molar-refractivity contribution is 5.70. The van der Waals surface area contributed by atoms with E-state index in [1.807, 2.05) is 21.1 Å². The Balaban J connectivity index is 4.05. The molecule has 0 heterocycles. The van der Waals surface area contributed by atoms with Gasteiger partial charge in [0.1, 0.15) is 13.2 Å². The molecule has 0 rings (SSSR count). The molecule has 0 fully saturated rings. The Hall–Kier alpha value is -3.01. The highest BCUT2D eigenvalue weighted by Gasteiger charge is 2.22. The molecule has 0 saturated heterocycles. The van der Waals surface area contributed by atoms with E-state index in [9.17, 15) is 19.5 Å². The topological polar surface area (TPSA) is 111 Å². The lowest BCUT2D eigenvalue weighted by atomic mass is 10.0. The fraction of sp³-hybridized carbons (Fsp3) is 0.831. The average molecular weight is 1210 g/mol. The summed E-state index contributed by atoms with van der Waals surface area (Å²) in [6.07, 6.45) is 86.1. The summed E-state index contributed by atoms with van der Waals surface area (Å²) in [5.41, 5.74) is 0. The predicted molar refractivity (Wildman–Crippen MR) is 366 cm³/mol. The van der Waals surface area contributed by atoms with E-state index in [1.54, 1.807) is 0 Å². The zero-order chi connectivity index (χ0) is 62.6. The maximum Gasteiger partial charge on any atom is 0.306 e. The van der Waals surface area contributed by atoms with Crippen LogP contribution in [0.5, 0.6) is 0 Å². The van der Waals surface area contributed by atoms with Crippen LogP contribution in [0.4, 0.5) is 0 Å². The lowest BCUT2D eigenvalue weighted by molar-refractivity contribution is -0.870. The van der Waals surface area contributed by atoms with Gasteiger partial charge in [0.05, 0.1) is 40.3 Å². The van der Waals surface area contributed by atoms with Gasteiger partial charge < -0.3 is 33.3 Å². The summed E-state index contributed by atoms with van der Waals surface area (Å²) in [5.74, 6) is -2.26. The van der Waals surface area contributed by atoms with Gasteiger partial charge in [-0.15, -0.1) is 0 Å². The molecular formula is C77H141NO8. The van der Waals surface area contributed by atoms with Gasteiger partial charge in [-0.1, -0.05) is 344 Å². The van der Waals surface area contributed by atoms with Crippen molar-refractivity contribution in [3.05, 3.63) is 60.8 Å². The van der Waals surface area contributed by atoms with Crippen LogP contribution >= 0.6 is 0 Å². The summed E-state index contributed by atoms with van der Waals surface area (Å²) >= 11 is 0. The van der Waals surface area contributed by atoms with Gasteiger partial charge in [0.2, 0.25) is 0 Å². The van der Waals surface area contributed by atoms with E-state index in [0.29, 0.717) is 23.9 Å². The molecule has 0 aliphatic heterocycles. The Morgan fingerprint density at radius 1 is 0.360 bits per heavy atom. The normalized spacial score (nSPS) is 13.0. The maximum atomic E-state index is 12.9. The molecule has 0 N–H and O–H groups in total. The number of unbranched alkanes of at least 4 members (excludes halogenated alkanes) is 44. The summed E-state index contributed by atoms with van der Waals surface area (Å²) in [4.78, 5) is 37.5. The Labute approximate surface area is 533 Å². The van der Waals surface area contributed by atoms with Gasteiger partial charge in [0.25, 0.3) is 0 Å². The zero-order valence-electron chi connectivity index (χ0n) is 57.4. The largest absolute Gasteiger partial charge is 0.545 e. The maximum absolute atomic E-state index is 12.9. The van der Waals surface area contributed by atoms with Crippen LogP contribution in [0, 0.1) is 0 Å². The Kier molecular flexibility index (Phi) is 65.5. The molecule has 9 heteroatoms. The SMILES string of the molecule is CC/C=C\C/C=C\C/C=C\C/C=C\C/C=C\CCCCCCCCCCCCCCCCCC(=O)OC(COC(=O)CCCCCCCCCCCCCCCCCCCCCCCCCCCCCCCC)COC(OCC[N+](C)(C)C)C(=O)[O-]. The van der Waals surface area contributed by atoms with Crippen LogP contribution < -0.4 is 5.11 Å². The van der Waals surface area contributed by atoms with Gasteiger partial charge in [-0.2, -0.15) is 0 Å². The molecule has 86 heavy (non-hydrogen) atoms. The van der Waals surface area contributed by atoms with Crippen LogP contribution in [0.15, 0.2) is 60.8 Å². The molecule has 0 aliphatic rings. The highest BCUT2D eigenvalue weighted by Crippen LogP contribution is 2.19. The number of likely N-dealkylation sites (N-methyl/N-ethyl adjacent to an activating group) is 1. The molecule has 2 unspecified atom stereocenters. The van der Waals surface area contributed by atoms with Crippen molar-refractivity contribution in [1.29, 1.82) is 0 Å². The standard InChI is InChI=1S/C77H141NO8/c1-6-8-10-12-14-16-18-20-22-24-26-28-30-32-34-36-38-40-42-44-46-48-50-52-54-56-58-60-62-64-66-68-75(80)86-73(72-85-77(76(81)82)83-70-69-78(3,4)5)71-84-74(79)67-65-63-61-59-57-55-53-51-49-47-45-43-41-39-37-35-33-31-29-27-25-23-21-19-17-15-13-11-9-7-2/h8,10,14,16,20,22,26,28,32,34,73,77H,6-7,9,11-13,15,17-19,21,23-25,27,29-31,33,35-72H2,1-5H3/b10-8-,16-14-,22-20-,28-26-,34-32-. The van der Waals surface area contributed by atoms with Crippen LogP contribution in [-0.2, 0) is 33.3 Å². The highest BCUT2D eigenvalue weighted by atomic mass is 16.7. The lowest BCUT2D eigenvalue weighted by Gasteiger charge is -2.26. The van der Waals surface area contributed by atoms with Crippen LogP contribution in [-0.4, -0.2) is 82.3 Å². The van der Waals surface area contributed by atoms with Crippen LogP contribution in [0.1, 0.15) is 354 Å². The minimum Gasteiger partial charge on any atom is -0.545 e. The second kappa shape index (κ2) is 67.9. The smallest absolute Gasteiger partial charge is 0.306 e. The van der Waals surface area contributed by atoms with E-state index in [1.165, 1.54) is 257 Å². The minimum absolute atomic E-state index is 0.149. The number of esters is 2. The number of carbonyl (C=O) groups excluding carboxylic acids is 3. The molecule has 0 aliphatic carbocycles. The third-order valence-electron chi connectivity index (χ3n) is 16.5. The Morgan fingerprint density at radius 2 is 0.663 bits per heavy atom. The number of hydrogen-bond acceptors (Lipinski definition) is 8. The first-order valence-corrected chi connectivity index (χ1v) is 36.9. The summed E-state index contributed by atoms with van der Waals surface area (Å²) in [5, 5.41) is 11.8. The Bertz CT molecular complexity index is 1600. The lowest BCUT2D eigenvalue weighted by Crippen LogP contribution is -2.44. The number of hydrogen-bond donors (Lipinski definition) is 0. The number of carboxylic acids is 1. The number of ether oxygens (including phenoxy) is 4. The quantitative estimate of drug-likeness (QED) is 0.0195. The molecule has 0 spiro atoms. The summed E-state index contributed by atoms with van der Waals surface area (Å²) < 4.78 is 22.8. The van der Waals surface area contributed by atoms with Crippen molar-refractivity contribution >= 4 is 17.9 Å². The molecule has 0 amide bonds. The molecule has 0 saturated carbocycles. The van der Waals surface area contributed by atoms with Crippen molar-refractivity contribution in [2.24, 2.45) is 0 Å². The first kappa shape index (κ1) is 83.0. The molecule has 0 bridgehead atoms. The molecule has 0 aromatic heterocycles. The van der Waals surface area contributed by atoms with Gasteiger partial charge in [-0.25, -0.2) is 0 Å². The van der Waals surface area contributed by atoms with E-state index in [0.717, 1.165) is 64.2 Å². The zero-order valence-corrected chi connectivity index (χ0v) is 57.4. The Morgan fingerprint density at radius 3 is 0.988 bits per heavy atom. The van der Waals surface area contributed by atoms with E-state index in [2.05, 4.69) is 74.6 Å². The average Bonchev–Trinajstić information content (AvgIpc) is 3.64. The van der Waals surface area contributed by atoms with Gasteiger partial charge in [0.15, 0.2) is 12.4 Å². The number of nitrogens with zero attached hydrogens (tertiary/aromatic N) is 1. The number of aliphatic carboxylic acids is 1. The monoisotopic (exact) mass is 1210 g/mol. The van der Waals surface area contributed by atoms with E-state index in [4.69, 9.17) is 18.9 Å². The van der Waals surface area contributed by atoms with Gasteiger partial charge in [-0.05, 0) is 57.8 Å². The third kappa shape index (κ3) is 68.5. The minimum atomic E-state index is -1.62. The summed E-state index contributed by atoms with van der Waals surface area (Å²) in [6, 6.07) is 0. The van der Waals surface area contributed by atoms with Crippen molar-refractivity contribution in [1.82, 2.24) is 0 Å². The van der Waals surface area contributed by atoms with Crippen LogP contribution in [0.3, 0.4) is 0 Å². The first-order valence-electron chi connectivity index (χ1n) is 36.9. The molecule has 502 valence electrons. The molecule has 0 aromatic rings. The fourth-order valence-electron chi connectivity index (χ4n) is 10.9. The van der Waals surface area contributed by atoms with E-state index < -0.39 is 24.3 Å². The van der Waals surface area contributed by atoms with Crippen LogP contribution in [0.25, 0.3) is 0 Å². The molecule has 0 radical (unpaired) electrons. The molecular weight excluding hydrogens is 1070 g/mol. The van der Waals surface area contributed by atoms with Crippen molar-refractivity contribution in [2.75, 3.05) is 47.5 Å². The second-order valence-corrected chi connectivity index (χ2v) is 26.2. The number of quaternary nitrogens is 1. The van der Waals surface area contributed by atoms with Gasteiger partial charge >= 0.3 is 11.9 Å². The molecule has 9 nitrogen and oxygen atoms in total. The van der Waals surface area contributed by atoms with Crippen molar-refractivity contribution in [2.45, 2.75) is 367 Å². The van der Waals surface area contributed by atoms with E-state index >= 15 is 0 Å². The number of carboxylic acid groups (broad SMARTS) is 1. The van der Waals surface area contributed by atoms with Crippen molar-refractivity contribution < 1.29 is 42.9 Å².